The molecule has 1 aliphatic rings. The van der Waals surface area contributed by atoms with Crippen molar-refractivity contribution >= 4 is 32.6 Å². The van der Waals surface area contributed by atoms with E-state index in [0.717, 1.165) is 41.8 Å². The Kier molecular flexibility index (Phi) is 8.29. The minimum absolute atomic E-state index is 0.0596. The normalized spacial score (nSPS) is 17.9. The number of sulfone groups is 1. The standard InChI is InChI=1S/C27H35N5O4S/c1-5-22-10-7-19(3)32(22)25-12-9-21(18-29-25)26-30-23-17-20(27(33)28-13-16-37(4,34)35)8-11-24(23)31(26)14-15-36-6-2/h5,8-9,11-12,17-19,22H,1,6-7,10,13-16H2,2-4H3,(H,28,33)/t19-,22-/m0/s1. The summed E-state index contributed by atoms with van der Waals surface area (Å²) in [5, 5.41) is 2.67. The summed E-state index contributed by atoms with van der Waals surface area (Å²) in [5.41, 5.74) is 2.85. The lowest BCUT2D eigenvalue weighted by Crippen LogP contribution is -2.33. The largest absolute Gasteiger partial charge is 0.380 e. The summed E-state index contributed by atoms with van der Waals surface area (Å²) < 4.78 is 30.4. The molecule has 0 unspecified atom stereocenters. The summed E-state index contributed by atoms with van der Waals surface area (Å²) in [4.78, 5) is 24.5. The van der Waals surface area contributed by atoms with Gasteiger partial charge in [0.25, 0.3) is 5.91 Å². The first-order chi connectivity index (χ1) is 17.7. The molecule has 4 rings (SSSR count). The quantitative estimate of drug-likeness (QED) is 0.302. The van der Waals surface area contributed by atoms with E-state index in [1.807, 2.05) is 37.4 Å². The van der Waals surface area contributed by atoms with Crippen molar-refractivity contribution in [3.63, 3.8) is 0 Å². The lowest BCUT2D eigenvalue weighted by Gasteiger charge is -2.27. The molecule has 1 N–H and O–H groups in total. The Hall–Kier alpha value is -3.24. The average Bonchev–Trinajstić information content (AvgIpc) is 3.43. The molecule has 3 aromatic rings. The van der Waals surface area contributed by atoms with Gasteiger partial charge >= 0.3 is 0 Å². The predicted molar refractivity (Wildman–Crippen MR) is 147 cm³/mol. The number of pyridine rings is 1. The molecule has 1 fully saturated rings. The maximum Gasteiger partial charge on any atom is 0.251 e. The summed E-state index contributed by atoms with van der Waals surface area (Å²) in [5.74, 6) is 1.23. The van der Waals surface area contributed by atoms with E-state index < -0.39 is 9.84 Å². The molecule has 37 heavy (non-hydrogen) atoms. The Labute approximate surface area is 218 Å². The number of carbonyl (C=O) groups excluding carboxylic acids is 1. The molecule has 0 saturated carbocycles. The number of nitrogens with one attached hydrogen (secondary N) is 1. The van der Waals surface area contributed by atoms with Gasteiger partial charge in [0.05, 0.1) is 23.4 Å². The van der Waals surface area contributed by atoms with Gasteiger partial charge in [0.15, 0.2) is 0 Å². The number of anilines is 1. The van der Waals surface area contributed by atoms with Gasteiger partial charge in [-0.25, -0.2) is 18.4 Å². The van der Waals surface area contributed by atoms with Crippen molar-refractivity contribution < 1.29 is 17.9 Å². The van der Waals surface area contributed by atoms with Crippen LogP contribution in [-0.4, -0.2) is 72.7 Å². The SMILES string of the molecule is C=C[C@H]1CC[C@H](C)N1c1ccc(-c2nc3cc(C(=O)NCCS(C)(=O)=O)ccc3n2CCOCC)cn1. The highest BCUT2D eigenvalue weighted by atomic mass is 32.2. The van der Waals surface area contributed by atoms with Crippen LogP contribution in [0.2, 0.25) is 0 Å². The zero-order valence-corrected chi connectivity index (χ0v) is 22.5. The number of benzene rings is 1. The van der Waals surface area contributed by atoms with Crippen molar-refractivity contribution in [2.24, 2.45) is 0 Å². The van der Waals surface area contributed by atoms with Crippen molar-refractivity contribution in [2.45, 2.75) is 45.3 Å². The Balaban J connectivity index is 1.64. The molecule has 1 saturated heterocycles. The Bertz CT molecular complexity index is 1370. The molecule has 9 nitrogen and oxygen atoms in total. The lowest BCUT2D eigenvalue weighted by atomic mass is 10.2. The van der Waals surface area contributed by atoms with Crippen LogP contribution in [0.3, 0.4) is 0 Å². The molecule has 1 amide bonds. The molecular weight excluding hydrogens is 490 g/mol. The molecule has 0 radical (unpaired) electrons. The van der Waals surface area contributed by atoms with Crippen molar-refractivity contribution in [2.75, 3.05) is 36.7 Å². The second-order valence-electron chi connectivity index (χ2n) is 9.42. The Morgan fingerprint density at radius 3 is 2.76 bits per heavy atom. The fraction of sp³-hybridized carbons (Fsp3) is 0.444. The van der Waals surface area contributed by atoms with Gasteiger partial charge in [0.2, 0.25) is 0 Å². The molecule has 10 heteroatoms. The Morgan fingerprint density at radius 1 is 1.27 bits per heavy atom. The van der Waals surface area contributed by atoms with E-state index in [0.29, 0.717) is 36.9 Å². The number of amides is 1. The van der Waals surface area contributed by atoms with Gasteiger partial charge in [0.1, 0.15) is 21.5 Å². The van der Waals surface area contributed by atoms with Crippen LogP contribution >= 0.6 is 0 Å². The summed E-state index contributed by atoms with van der Waals surface area (Å²) in [7, 11) is -3.15. The molecular formula is C27H35N5O4S. The van der Waals surface area contributed by atoms with E-state index in [4.69, 9.17) is 14.7 Å². The van der Waals surface area contributed by atoms with Crippen LogP contribution in [0.1, 0.15) is 37.0 Å². The number of rotatable bonds is 11. The van der Waals surface area contributed by atoms with E-state index in [1.54, 1.807) is 12.1 Å². The van der Waals surface area contributed by atoms with Crippen LogP contribution in [0, 0.1) is 0 Å². The summed E-state index contributed by atoms with van der Waals surface area (Å²) >= 11 is 0. The van der Waals surface area contributed by atoms with E-state index >= 15 is 0 Å². The van der Waals surface area contributed by atoms with Gasteiger partial charge in [-0.1, -0.05) is 6.08 Å². The van der Waals surface area contributed by atoms with Crippen molar-refractivity contribution in [3.05, 3.63) is 54.7 Å². The first-order valence-corrected chi connectivity index (χ1v) is 14.7. The number of aromatic nitrogens is 3. The fourth-order valence-electron chi connectivity index (χ4n) is 4.79. The maximum atomic E-state index is 12.6. The summed E-state index contributed by atoms with van der Waals surface area (Å²) in [6.07, 6.45) is 7.16. The lowest BCUT2D eigenvalue weighted by molar-refractivity contribution is 0.0956. The van der Waals surface area contributed by atoms with Crippen LogP contribution in [0.15, 0.2) is 49.2 Å². The number of fused-ring (bicyclic) bond motifs is 1. The van der Waals surface area contributed by atoms with Crippen LogP contribution in [0.5, 0.6) is 0 Å². The highest BCUT2D eigenvalue weighted by molar-refractivity contribution is 7.90. The van der Waals surface area contributed by atoms with Gasteiger partial charge in [-0.3, -0.25) is 4.79 Å². The summed E-state index contributed by atoms with van der Waals surface area (Å²) in [6, 6.07) is 10.1. The molecule has 1 aromatic carbocycles. The topological polar surface area (TPSA) is 106 Å². The van der Waals surface area contributed by atoms with E-state index in [-0.39, 0.29) is 24.2 Å². The number of ether oxygens (including phenoxy) is 1. The molecule has 2 aromatic heterocycles. The van der Waals surface area contributed by atoms with Crippen LogP contribution in [0.25, 0.3) is 22.4 Å². The average molecular weight is 526 g/mol. The van der Waals surface area contributed by atoms with E-state index in [1.165, 1.54) is 0 Å². The smallest absolute Gasteiger partial charge is 0.251 e. The van der Waals surface area contributed by atoms with Crippen LogP contribution < -0.4 is 10.2 Å². The maximum absolute atomic E-state index is 12.6. The second-order valence-corrected chi connectivity index (χ2v) is 11.7. The number of hydrogen-bond donors (Lipinski definition) is 1. The summed E-state index contributed by atoms with van der Waals surface area (Å²) in [6.45, 7) is 9.96. The highest BCUT2D eigenvalue weighted by Crippen LogP contribution is 2.31. The molecule has 0 spiro atoms. The van der Waals surface area contributed by atoms with Gasteiger partial charge < -0.3 is 19.5 Å². The minimum atomic E-state index is -3.15. The number of imidazole rings is 1. The molecule has 2 atom stereocenters. The number of nitrogens with zero attached hydrogens (tertiary/aromatic N) is 4. The number of hydrogen-bond acceptors (Lipinski definition) is 7. The third-order valence-electron chi connectivity index (χ3n) is 6.69. The van der Waals surface area contributed by atoms with Crippen LogP contribution in [0.4, 0.5) is 5.82 Å². The predicted octanol–water partition coefficient (Wildman–Crippen LogP) is 3.45. The first-order valence-electron chi connectivity index (χ1n) is 12.6. The van der Waals surface area contributed by atoms with Crippen LogP contribution in [-0.2, 0) is 21.1 Å². The third-order valence-corrected chi connectivity index (χ3v) is 7.63. The fourth-order valence-corrected chi connectivity index (χ4v) is 5.26. The van der Waals surface area contributed by atoms with Crippen molar-refractivity contribution in [1.29, 1.82) is 0 Å². The minimum Gasteiger partial charge on any atom is -0.380 e. The monoisotopic (exact) mass is 525 g/mol. The van der Waals surface area contributed by atoms with Crippen molar-refractivity contribution in [1.82, 2.24) is 19.9 Å². The third kappa shape index (κ3) is 6.19. The van der Waals surface area contributed by atoms with Crippen molar-refractivity contribution in [3.8, 4) is 11.4 Å². The second kappa shape index (κ2) is 11.4. The molecule has 3 heterocycles. The highest BCUT2D eigenvalue weighted by Gasteiger charge is 2.29. The van der Waals surface area contributed by atoms with Gasteiger partial charge in [-0.15, -0.1) is 6.58 Å². The molecule has 198 valence electrons. The van der Waals surface area contributed by atoms with Gasteiger partial charge in [-0.2, -0.15) is 0 Å². The first kappa shape index (κ1) is 26.8. The van der Waals surface area contributed by atoms with Gasteiger partial charge in [-0.05, 0) is 57.0 Å². The zero-order chi connectivity index (χ0) is 26.6. The van der Waals surface area contributed by atoms with Gasteiger partial charge in [0, 0.05) is 55.4 Å². The molecule has 1 aliphatic heterocycles. The molecule has 0 aliphatic carbocycles. The molecule has 0 bridgehead atoms. The van der Waals surface area contributed by atoms with E-state index in [9.17, 15) is 13.2 Å². The Morgan fingerprint density at radius 2 is 2.08 bits per heavy atom. The number of carbonyl (C=O) groups is 1. The zero-order valence-electron chi connectivity index (χ0n) is 21.7. The van der Waals surface area contributed by atoms with E-state index in [2.05, 4.69) is 28.3 Å².